The average molecular weight is 262 g/mol. The van der Waals surface area contributed by atoms with Crippen molar-refractivity contribution in [3.8, 4) is 0 Å². The largest absolute Gasteiger partial charge is 0.356 e. The van der Waals surface area contributed by atoms with E-state index in [9.17, 15) is 4.79 Å². The summed E-state index contributed by atoms with van der Waals surface area (Å²) in [5.74, 6) is 1.63. The minimum atomic E-state index is 0.0568. The predicted molar refractivity (Wildman–Crippen MR) is 75.0 cm³/mol. The molecule has 1 atom stereocenters. The monoisotopic (exact) mass is 262 g/mol. The number of nitrogens with zero attached hydrogens (tertiary/aromatic N) is 3. The molecule has 1 aromatic heterocycles. The lowest BCUT2D eigenvalue weighted by molar-refractivity contribution is -0.119. The highest BCUT2D eigenvalue weighted by Gasteiger charge is 2.24. The Bertz CT molecular complexity index is 441. The van der Waals surface area contributed by atoms with Crippen molar-refractivity contribution < 1.29 is 4.79 Å². The molecule has 0 bridgehead atoms. The topological polar surface area (TPSA) is 58.1 Å². The van der Waals surface area contributed by atoms with Gasteiger partial charge in [-0.05, 0) is 32.6 Å². The molecular weight excluding hydrogens is 240 g/mol. The standard InChI is InChI=1S/C14H22N4O/c1-10-8-14(16-9-15-10)18-6-4-13(5-7-18)11(2)17-12(3)19/h8-9,11,13H,4-7H2,1-3H3,(H,17,19). The maximum absolute atomic E-state index is 11.1. The number of carbonyl (C=O) groups is 1. The lowest BCUT2D eigenvalue weighted by Gasteiger charge is -2.35. The molecule has 1 saturated heterocycles. The number of aryl methyl sites for hydroxylation is 1. The fourth-order valence-electron chi connectivity index (χ4n) is 2.68. The third-order valence-electron chi connectivity index (χ3n) is 3.79. The molecule has 5 nitrogen and oxygen atoms in total. The van der Waals surface area contributed by atoms with Gasteiger partial charge in [-0.2, -0.15) is 0 Å². The zero-order valence-electron chi connectivity index (χ0n) is 11.9. The van der Waals surface area contributed by atoms with E-state index in [1.165, 1.54) is 0 Å². The Morgan fingerprint density at radius 2 is 2.11 bits per heavy atom. The van der Waals surface area contributed by atoms with Gasteiger partial charge in [0.25, 0.3) is 0 Å². The highest BCUT2D eigenvalue weighted by molar-refractivity contribution is 5.73. The second kappa shape index (κ2) is 5.99. The van der Waals surface area contributed by atoms with E-state index in [0.29, 0.717) is 5.92 Å². The molecule has 0 radical (unpaired) electrons. The molecule has 5 heteroatoms. The molecular formula is C14H22N4O. The van der Waals surface area contributed by atoms with Gasteiger partial charge in [0.05, 0.1) is 0 Å². The van der Waals surface area contributed by atoms with Crippen molar-refractivity contribution >= 4 is 11.7 Å². The van der Waals surface area contributed by atoms with Crippen molar-refractivity contribution in [1.82, 2.24) is 15.3 Å². The first-order valence-electron chi connectivity index (χ1n) is 6.87. The Hall–Kier alpha value is -1.65. The van der Waals surface area contributed by atoms with Crippen molar-refractivity contribution in [3.05, 3.63) is 18.1 Å². The summed E-state index contributed by atoms with van der Waals surface area (Å²) in [4.78, 5) is 21.8. The van der Waals surface area contributed by atoms with Crippen LogP contribution in [0.3, 0.4) is 0 Å². The third-order valence-corrected chi connectivity index (χ3v) is 3.79. The number of hydrogen-bond acceptors (Lipinski definition) is 4. The van der Waals surface area contributed by atoms with Gasteiger partial charge in [0.1, 0.15) is 12.1 Å². The SMILES string of the molecule is CC(=O)NC(C)C1CCN(c2cc(C)ncn2)CC1. The van der Waals surface area contributed by atoms with Crippen LogP contribution < -0.4 is 10.2 Å². The molecule has 19 heavy (non-hydrogen) atoms. The van der Waals surface area contributed by atoms with E-state index < -0.39 is 0 Å². The third kappa shape index (κ3) is 3.66. The number of aromatic nitrogens is 2. The molecule has 1 amide bonds. The van der Waals surface area contributed by atoms with Crippen LogP contribution >= 0.6 is 0 Å². The Kier molecular flexibility index (Phi) is 4.35. The van der Waals surface area contributed by atoms with E-state index in [2.05, 4.69) is 27.1 Å². The van der Waals surface area contributed by atoms with Gasteiger partial charge in [0, 0.05) is 37.8 Å². The Balaban J connectivity index is 1.90. The molecule has 104 valence electrons. The Labute approximate surface area is 114 Å². The first-order valence-corrected chi connectivity index (χ1v) is 6.87. The summed E-state index contributed by atoms with van der Waals surface area (Å²) in [6, 6.07) is 2.28. The van der Waals surface area contributed by atoms with Gasteiger partial charge >= 0.3 is 0 Å². The average Bonchev–Trinajstić information content (AvgIpc) is 2.38. The van der Waals surface area contributed by atoms with E-state index in [0.717, 1.165) is 37.4 Å². The molecule has 1 aliphatic heterocycles. The number of anilines is 1. The minimum absolute atomic E-state index is 0.0568. The minimum Gasteiger partial charge on any atom is -0.356 e. The van der Waals surface area contributed by atoms with Crippen LogP contribution in [0.1, 0.15) is 32.4 Å². The number of amides is 1. The van der Waals surface area contributed by atoms with Gasteiger partial charge in [0.2, 0.25) is 5.91 Å². The van der Waals surface area contributed by atoms with Crippen LogP contribution in [0.4, 0.5) is 5.82 Å². The maximum atomic E-state index is 11.1. The maximum Gasteiger partial charge on any atom is 0.217 e. The summed E-state index contributed by atoms with van der Waals surface area (Å²) in [6.07, 6.45) is 3.80. The lowest BCUT2D eigenvalue weighted by Crippen LogP contribution is -2.43. The Morgan fingerprint density at radius 1 is 1.42 bits per heavy atom. The van der Waals surface area contributed by atoms with Crippen LogP contribution in [0.15, 0.2) is 12.4 Å². The van der Waals surface area contributed by atoms with Gasteiger partial charge in [-0.15, -0.1) is 0 Å². The van der Waals surface area contributed by atoms with Gasteiger partial charge in [-0.1, -0.05) is 0 Å². The summed E-state index contributed by atoms with van der Waals surface area (Å²) >= 11 is 0. The summed E-state index contributed by atoms with van der Waals surface area (Å²) in [7, 11) is 0. The van der Waals surface area contributed by atoms with Crippen LogP contribution in [0.5, 0.6) is 0 Å². The molecule has 0 aromatic carbocycles. The number of nitrogens with one attached hydrogen (secondary N) is 1. The van der Waals surface area contributed by atoms with Crippen molar-refractivity contribution in [2.24, 2.45) is 5.92 Å². The molecule has 0 aliphatic carbocycles. The molecule has 1 aromatic rings. The quantitative estimate of drug-likeness (QED) is 0.897. The highest BCUT2D eigenvalue weighted by atomic mass is 16.1. The van der Waals surface area contributed by atoms with Gasteiger partial charge < -0.3 is 10.2 Å². The predicted octanol–water partition coefficient (Wildman–Crippen LogP) is 1.53. The number of hydrogen-bond donors (Lipinski definition) is 1. The second-order valence-electron chi connectivity index (χ2n) is 5.33. The van der Waals surface area contributed by atoms with Gasteiger partial charge in [0.15, 0.2) is 0 Å². The van der Waals surface area contributed by atoms with Crippen LogP contribution in [0, 0.1) is 12.8 Å². The number of piperidine rings is 1. The van der Waals surface area contributed by atoms with Gasteiger partial charge in [-0.3, -0.25) is 4.79 Å². The summed E-state index contributed by atoms with van der Waals surface area (Å²) in [5, 5.41) is 2.99. The summed E-state index contributed by atoms with van der Waals surface area (Å²) in [6.45, 7) is 7.64. The first kappa shape index (κ1) is 13.8. The molecule has 1 fully saturated rings. The van der Waals surface area contributed by atoms with Crippen molar-refractivity contribution in [3.63, 3.8) is 0 Å². The molecule has 2 heterocycles. The summed E-state index contributed by atoms with van der Waals surface area (Å²) < 4.78 is 0. The van der Waals surface area contributed by atoms with Crippen LogP contribution in [0.25, 0.3) is 0 Å². The second-order valence-corrected chi connectivity index (χ2v) is 5.33. The smallest absolute Gasteiger partial charge is 0.217 e. The van der Waals surface area contributed by atoms with Crippen molar-refractivity contribution in [2.75, 3.05) is 18.0 Å². The van der Waals surface area contributed by atoms with Crippen LogP contribution in [-0.2, 0) is 4.79 Å². The van der Waals surface area contributed by atoms with Crippen LogP contribution in [-0.4, -0.2) is 35.0 Å². The highest BCUT2D eigenvalue weighted by Crippen LogP contribution is 2.24. The van der Waals surface area contributed by atoms with Crippen molar-refractivity contribution in [1.29, 1.82) is 0 Å². The zero-order valence-corrected chi connectivity index (χ0v) is 11.9. The van der Waals surface area contributed by atoms with Crippen LogP contribution in [0.2, 0.25) is 0 Å². The lowest BCUT2D eigenvalue weighted by atomic mass is 9.90. The normalized spacial score (nSPS) is 18.2. The molecule has 0 spiro atoms. The van der Waals surface area contributed by atoms with E-state index >= 15 is 0 Å². The van der Waals surface area contributed by atoms with Crippen molar-refractivity contribution in [2.45, 2.75) is 39.7 Å². The molecule has 0 saturated carbocycles. The van der Waals surface area contributed by atoms with Gasteiger partial charge in [-0.25, -0.2) is 9.97 Å². The number of rotatable bonds is 3. The molecule has 1 N–H and O–H groups in total. The Morgan fingerprint density at radius 3 is 2.68 bits per heavy atom. The number of carbonyl (C=O) groups excluding carboxylic acids is 1. The van der Waals surface area contributed by atoms with E-state index in [4.69, 9.17) is 0 Å². The molecule has 2 rings (SSSR count). The van der Waals surface area contributed by atoms with E-state index in [-0.39, 0.29) is 11.9 Å². The fourth-order valence-corrected chi connectivity index (χ4v) is 2.68. The zero-order chi connectivity index (χ0) is 13.8. The summed E-state index contributed by atoms with van der Waals surface area (Å²) in [5.41, 5.74) is 0.999. The van der Waals surface area contributed by atoms with E-state index in [1.54, 1.807) is 13.3 Å². The first-order chi connectivity index (χ1) is 9.06. The molecule has 1 unspecified atom stereocenters. The fraction of sp³-hybridized carbons (Fsp3) is 0.643. The van der Waals surface area contributed by atoms with E-state index in [1.807, 2.05) is 13.0 Å². The molecule has 1 aliphatic rings.